The number of nitrogens with one attached hydrogen (secondary N) is 1. The molecule has 10 heteroatoms. The number of esters is 2. The van der Waals surface area contributed by atoms with Gasteiger partial charge in [0.2, 0.25) is 5.91 Å². The molecule has 3 aromatic rings. The minimum absolute atomic E-state index is 0.0125. The lowest BCUT2D eigenvalue weighted by Crippen LogP contribution is -2.29. The lowest BCUT2D eigenvalue weighted by molar-refractivity contribution is -0.116. The second kappa shape index (κ2) is 9.14. The number of benzene rings is 3. The lowest BCUT2D eigenvalue weighted by Gasteiger charge is -2.18. The number of carbonyl (C=O) groups is 3. The molecule has 0 aliphatic carbocycles. The Hall–Kier alpha value is -3.92. The van der Waals surface area contributed by atoms with E-state index < -0.39 is 27.9 Å². The minimum atomic E-state index is -3.71. The van der Waals surface area contributed by atoms with Gasteiger partial charge in [0, 0.05) is 18.4 Å². The van der Waals surface area contributed by atoms with E-state index in [4.69, 9.17) is 4.74 Å². The molecule has 9 nitrogen and oxygen atoms in total. The smallest absolute Gasteiger partial charge is 0.339 e. The Morgan fingerprint density at radius 2 is 1.65 bits per heavy atom. The number of hydrogen-bond acceptors (Lipinski definition) is 7. The minimum Gasteiger partial charge on any atom is -0.465 e. The van der Waals surface area contributed by atoms with Gasteiger partial charge in [-0.05, 0) is 42.1 Å². The van der Waals surface area contributed by atoms with Gasteiger partial charge in [-0.25, -0.2) is 18.0 Å². The lowest BCUT2D eigenvalue weighted by atomic mass is 10.1. The summed E-state index contributed by atoms with van der Waals surface area (Å²) in [5.74, 6) is -1.75. The predicted molar refractivity (Wildman–Crippen MR) is 125 cm³/mol. The van der Waals surface area contributed by atoms with Gasteiger partial charge in [0.15, 0.2) is 0 Å². The normalized spacial score (nSPS) is 13.5. The fourth-order valence-corrected chi connectivity index (χ4v) is 5.72. The Morgan fingerprint density at radius 3 is 2.35 bits per heavy atom. The Bertz CT molecular complexity index is 1410. The second-order valence-electron chi connectivity index (χ2n) is 7.60. The monoisotopic (exact) mass is 482 g/mol. The van der Waals surface area contributed by atoms with Crippen LogP contribution < -0.4 is 9.62 Å². The third kappa shape index (κ3) is 4.08. The van der Waals surface area contributed by atoms with Crippen LogP contribution in [0.1, 0.15) is 33.6 Å². The molecule has 1 N–H and O–H groups in total. The number of carbonyl (C=O) groups excluding carboxylic acids is 3. The van der Waals surface area contributed by atoms with E-state index >= 15 is 0 Å². The van der Waals surface area contributed by atoms with Gasteiger partial charge in [-0.15, -0.1) is 0 Å². The van der Waals surface area contributed by atoms with Crippen molar-refractivity contribution in [2.45, 2.75) is 17.7 Å². The van der Waals surface area contributed by atoms with Gasteiger partial charge in [-0.2, -0.15) is 0 Å². The molecule has 1 amide bonds. The van der Waals surface area contributed by atoms with E-state index in [2.05, 4.69) is 10.1 Å². The number of anilines is 2. The van der Waals surface area contributed by atoms with Crippen LogP contribution >= 0.6 is 0 Å². The Kier molecular flexibility index (Phi) is 6.25. The summed E-state index contributed by atoms with van der Waals surface area (Å²) in [6, 6.07) is 14.6. The maximum Gasteiger partial charge on any atom is 0.339 e. The van der Waals surface area contributed by atoms with Gasteiger partial charge in [0.25, 0.3) is 10.0 Å². The van der Waals surface area contributed by atoms with E-state index in [-0.39, 0.29) is 41.1 Å². The predicted octanol–water partition coefficient (Wildman–Crippen LogP) is 3.34. The van der Waals surface area contributed by atoms with Crippen molar-refractivity contribution in [1.82, 2.24) is 0 Å². The van der Waals surface area contributed by atoms with Crippen LogP contribution in [0.15, 0.2) is 59.5 Å². The number of hydrogen-bond donors (Lipinski definition) is 1. The summed E-state index contributed by atoms with van der Waals surface area (Å²) in [7, 11) is -1.28. The molecule has 0 unspecified atom stereocenters. The van der Waals surface area contributed by atoms with E-state index in [1.165, 1.54) is 36.7 Å². The third-order valence-corrected chi connectivity index (χ3v) is 7.42. The molecule has 1 heterocycles. The van der Waals surface area contributed by atoms with Crippen LogP contribution in [0.25, 0.3) is 10.8 Å². The Morgan fingerprint density at radius 1 is 0.941 bits per heavy atom. The van der Waals surface area contributed by atoms with Gasteiger partial charge in [-0.1, -0.05) is 24.3 Å². The van der Waals surface area contributed by atoms with Crippen LogP contribution in [0.3, 0.4) is 0 Å². The van der Waals surface area contributed by atoms with Crippen molar-refractivity contribution in [2.75, 3.05) is 30.4 Å². The summed E-state index contributed by atoms with van der Waals surface area (Å²) in [5.41, 5.74) is 0.921. The number of ether oxygens (including phenoxy) is 2. The first-order chi connectivity index (χ1) is 16.3. The van der Waals surface area contributed by atoms with Gasteiger partial charge >= 0.3 is 11.9 Å². The van der Waals surface area contributed by atoms with Crippen LogP contribution in [0.2, 0.25) is 0 Å². The average Bonchev–Trinajstić information content (AvgIpc) is 3.06. The van der Waals surface area contributed by atoms with E-state index in [0.29, 0.717) is 11.1 Å². The first-order valence-corrected chi connectivity index (χ1v) is 11.9. The molecule has 176 valence electrons. The van der Waals surface area contributed by atoms with Crippen LogP contribution in [-0.2, 0) is 24.3 Å². The van der Waals surface area contributed by atoms with Crippen LogP contribution in [-0.4, -0.2) is 47.0 Å². The molecule has 0 spiro atoms. The van der Waals surface area contributed by atoms with Crippen LogP contribution in [0.5, 0.6) is 0 Å². The summed E-state index contributed by atoms with van der Waals surface area (Å²) >= 11 is 0. The molecule has 0 bridgehead atoms. The van der Waals surface area contributed by atoms with Gasteiger partial charge in [0.1, 0.15) is 0 Å². The van der Waals surface area contributed by atoms with E-state index in [9.17, 15) is 22.8 Å². The number of sulfonamides is 1. The molecule has 4 rings (SSSR count). The Balaban J connectivity index is 1.48. The topological polar surface area (TPSA) is 119 Å². The molecule has 1 aliphatic rings. The third-order valence-electron chi connectivity index (χ3n) is 5.57. The number of nitrogens with zero attached hydrogens (tertiary/aromatic N) is 1. The molecule has 3 aromatic carbocycles. The van der Waals surface area contributed by atoms with Gasteiger partial charge in [0.05, 0.1) is 41.6 Å². The zero-order chi connectivity index (χ0) is 24.5. The standard InChI is InChI=1S/C24H22N2O7S/c1-32-23(28)16-11-12-17(24(29)33-2)18(14-16)25-21(27)10-5-13-26-19-8-3-6-15-7-4-9-20(22(15)19)34(26,30)31/h3-4,6-9,11-12,14H,5,10,13H2,1-2H3,(H,25,27). The van der Waals surface area contributed by atoms with E-state index in [0.717, 1.165) is 5.39 Å². The largest absolute Gasteiger partial charge is 0.465 e. The van der Waals surface area contributed by atoms with Crippen LogP contribution in [0.4, 0.5) is 11.4 Å². The SMILES string of the molecule is COC(=O)c1ccc(C(=O)OC)c(NC(=O)CCCN2c3cccc4cccc(c34)S2(=O)=O)c1. The van der Waals surface area contributed by atoms with Crippen molar-refractivity contribution in [2.24, 2.45) is 0 Å². The summed E-state index contributed by atoms with van der Waals surface area (Å²) < 4.78 is 36.8. The van der Waals surface area contributed by atoms with E-state index in [1.807, 2.05) is 12.1 Å². The van der Waals surface area contributed by atoms with Crippen molar-refractivity contribution in [3.05, 3.63) is 65.7 Å². The molecule has 0 radical (unpaired) electrons. The van der Waals surface area contributed by atoms with Crippen molar-refractivity contribution in [1.29, 1.82) is 0 Å². The summed E-state index contributed by atoms with van der Waals surface area (Å²) in [6.45, 7) is 0.107. The summed E-state index contributed by atoms with van der Waals surface area (Å²) in [6.07, 6.45) is 0.223. The first-order valence-electron chi connectivity index (χ1n) is 10.4. The number of amides is 1. The van der Waals surface area contributed by atoms with Crippen molar-refractivity contribution < 1.29 is 32.3 Å². The fourth-order valence-electron chi connectivity index (χ4n) is 3.98. The molecular weight excluding hydrogens is 460 g/mol. The fraction of sp³-hybridized carbons (Fsp3) is 0.208. The zero-order valence-electron chi connectivity index (χ0n) is 18.5. The highest BCUT2D eigenvalue weighted by molar-refractivity contribution is 7.93. The van der Waals surface area contributed by atoms with Gasteiger partial charge in [-0.3, -0.25) is 9.10 Å². The average molecular weight is 483 g/mol. The van der Waals surface area contributed by atoms with E-state index in [1.54, 1.807) is 24.3 Å². The van der Waals surface area contributed by atoms with Gasteiger partial charge < -0.3 is 14.8 Å². The molecule has 0 saturated carbocycles. The molecule has 0 atom stereocenters. The molecule has 0 saturated heterocycles. The first kappa shape index (κ1) is 23.2. The van der Waals surface area contributed by atoms with Crippen molar-refractivity contribution in [3.63, 3.8) is 0 Å². The molecule has 0 aromatic heterocycles. The van der Waals surface area contributed by atoms with Crippen LogP contribution in [0, 0.1) is 0 Å². The summed E-state index contributed by atoms with van der Waals surface area (Å²) in [4.78, 5) is 36.8. The number of rotatable bonds is 7. The highest BCUT2D eigenvalue weighted by Crippen LogP contribution is 2.42. The molecule has 0 fully saturated rings. The molecular formula is C24H22N2O7S. The molecule has 1 aliphatic heterocycles. The van der Waals surface area contributed by atoms with Crippen molar-refractivity contribution in [3.8, 4) is 0 Å². The zero-order valence-corrected chi connectivity index (χ0v) is 19.3. The highest BCUT2D eigenvalue weighted by Gasteiger charge is 2.35. The Labute approximate surface area is 196 Å². The maximum absolute atomic E-state index is 13.0. The summed E-state index contributed by atoms with van der Waals surface area (Å²) in [5, 5.41) is 4.12. The number of methoxy groups -OCH3 is 2. The highest BCUT2D eigenvalue weighted by atomic mass is 32.2. The maximum atomic E-state index is 13.0. The quantitative estimate of drug-likeness (QED) is 0.513. The second-order valence-corrected chi connectivity index (χ2v) is 9.43. The van der Waals surface area contributed by atoms with Crippen molar-refractivity contribution >= 4 is 50.0 Å². The molecule has 34 heavy (non-hydrogen) atoms.